The number of piperidine rings is 1. The summed E-state index contributed by atoms with van der Waals surface area (Å²) < 4.78 is 0. The van der Waals surface area contributed by atoms with Crippen LogP contribution in [-0.2, 0) is 0 Å². The van der Waals surface area contributed by atoms with Crippen molar-refractivity contribution in [1.82, 2.24) is 9.80 Å². The second-order valence-electron chi connectivity index (χ2n) is 7.25. The number of rotatable bonds is 1. The molecule has 0 bridgehead atoms. The molecule has 0 aromatic heterocycles. The van der Waals surface area contributed by atoms with Crippen LogP contribution in [0.5, 0.6) is 0 Å². The fourth-order valence-corrected chi connectivity index (χ4v) is 4.71. The molecule has 1 aliphatic carbocycles. The lowest BCUT2D eigenvalue weighted by molar-refractivity contribution is 0.00688. The van der Waals surface area contributed by atoms with Crippen molar-refractivity contribution in [3.63, 3.8) is 0 Å². The quantitative estimate of drug-likeness (QED) is 0.706. The molecule has 2 nitrogen and oxygen atoms in total. The van der Waals surface area contributed by atoms with Gasteiger partial charge in [0.05, 0.1) is 0 Å². The minimum absolute atomic E-state index is 0.889. The highest BCUT2D eigenvalue weighted by molar-refractivity contribution is 4.90. The van der Waals surface area contributed by atoms with Crippen LogP contribution < -0.4 is 0 Å². The first-order chi connectivity index (χ1) is 8.72. The highest BCUT2D eigenvalue weighted by Gasteiger charge is 2.34. The van der Waals surface area contributed by atoms with Gasteiger partial charge in [-0.25, -0.2) is 0 Å². The van der Waals surface area contributed by atoms with Crippen LogP contribution in [0.3, 0.4) is 0 Å². The summed E-state index contributed by atoms with van der Waals surface area (Å²) >= 11 is 0. The zero-order chi connectivity index (χ0) is 12.5. The van der Waals surface area contributed by atoms with Gasteiger partial charge in [-0.1, -0.05) is 20.3 Å². The van der Waals surface area contributed by atoms with Crippen LogP contribution in [0.2, 0.25) is 0 Å². The summed E-state index contributed by atoms with van der Waals surface area (Å²) in [6.45, 7) is 10.3. The zero-order valence-electron chi connectivity index (χ0n) is 12.3. The van der Waals surface area contributed by atoms with Crippen molar-refractivity contribution >= 4 is 0 Å². The molecule has 104 valence electrons. The smallest absolute Gasteiger partial charge is 0.0223 e. The van der Waals surface area contributed by atoms with E-state index in [1.807, 2.05) is 0 Å². The average molecular weight is 250 g/mol. The maximum atomic E-state index is 2.85. The molecule has 2 heteroatoms. The van der Waals surface area contributed by atoms with E-state index in [1.54, 1.807) is 0 Å². The van der Waals surface area contributed by atoms with Crippen molar-refractivity contribution in [2.75, 3.05) is 26.2 Å². The summed E-state index contributed by atoms with van der Waals surface area (Å²) in [6, 6.07) is 1.79. The monoisotopic (exact) mass is 250 g/mol. The lowest BCUT2D eigenvalue weighted by Crippen LogP contribution is -2.58. The van der Waals surface area contributed by atoms with Crippen LogP contribution >= 0.6 is 0 Å². The Bertz CT molecular complexity index is 268. The van der Waals surface area contributed by atoms with Gasteiger partial charge in [0.2, 0.25) is 0 Å². The van der Waals surface area contributed by atoms with E-state index in [0.717, 1.165) is 23.9 Å². The van der Waals surface area contributed by atoms with Crippen molar-refractivity contribution in [1.29, 1.82) is 0 Å². The van der Waals surface area contributed by atoms with Crippen molar-refractivity contribution in [2.24, 2.45) is 11.8 Å². The van der Waals surface area contributed by atoms with E-state index >= 15 is 0 Å². The summed E-state index contributed by atoms with van der Waals surface area (Å²) in [6.07, 6.45) is 8.73. The van der Waals surface area contributed by atoms with Gasteiger partial charge in [-0.15, -0.1) is 0 Å². The van der Waals surface area contributed by atoms with Gasteiger partial charge < -0.3 is 0 Å². The Kier molecular flexibility index (Phi) is 3.95. The number of piperazine rings is 1. The van der Waals surface area contributed by atoms with Crippen LogP contribution in [-0.4, -0.2) is 48.1 Å². The molecule has 2 heterocycles. The summed E-state index contributed by atoms with van der Waals surface area (Å²) in [5.41, 5.74) is 0. The Morgan fingerprint density at radius 2 is 1.44 bits per heavy atom. The third-order valence-electron chi connectivity index (χ3n) is 5.54. The summed E-state index contributed by atoms with van der Waals surface area (Å²) in [4.78, 5) is 5.61. The molecular formula is C16H30N2. The molecule has 18 heavy (non-hydrogen) atoms. The van der Waals surface area contributed by atoms with E-state index in [1.165, 1.54) is 64.7 Å². The van der Waals surface area contributed by atoms with Gasteiger partial charge in [0.15, 0.2) is 0 Å². The summed E-state index contributed by atoms with van der Waals surface area (Å²) in [5.74, 6) is 1.89. The second kappa shape index (κ2) is 5.50. The van der Waals surface area contributed by atoms with E-state index in [0.29, 0.717) is 0 Å². The average Bonchev–Trinajstić information content (AvgIpc) is 2.37. The van der Waals surface area contributed by atoms with E-state index < -0.39 is 0 Å². The highest BCUT2D eigenvalue weighted by atomic mass is 15.3. The molecular weight excluding hydrogens is 220 g/mol. The number of fused-ring (bicyclic) bond motifs is 1. The topological polar surface area (TPSA) is 6.48 Å². The highest BCUT2D eigenvalue weighted by Crippen LogP contribution is 2.33. The van der Waals surface area contributed by atoms with Gasteiger partial charge in [-0.3, -0.25) is 9.80 Å². The largest absolute Gasteiger partial charge is 0.298 e. The summed E-state index contributed by atoms with van der Waals surface area (Å²) in [5, 5.41) is 0. The van der Waals surface area contributed by atoms with E-state index in [9.17, 15) is 0 Å². The molecule has 0 aromatic rings. The normalized spacial score (nSPS) is 43.7. The van der Waals surface area contributed by atoms with Crippen molar-refractivity contribution < 1.29 is 0 Å². The van der Waals surface area contributed by atoms with Gasteiger partial charge in [0.1, 0.15) is 0 Å². The van der Waals surface area contributed by atoms with Gasteiger partial charge in [0.25, 0.3) is 0 Å². The van der Waals surface area contributed by atoms with E-state index in [4.69, 9.17) is 0 Å². The van der Waals surface area contributed by atoms with Gasteiger partial charge in [-0.2, -0.15) is 0 Å². The Balaban J connectivity index is 1.59. The fraction of sp³-hybridized carbons (Fsp3) is 1.00. The molecule has 3 aliphatic rings. The third kappa shape index (κ3) is 2.75. The van der Waals surface area contributed by atoms with Crippen LogP contribution in [0.15, 0.2) is 0 Å². The maximum Gasteiger partial charge on any atom is 0.0223 e. The molecule has 0 aromatic carbocycles. The first-order valence-corrected chi connectivity index (χ1v) is 8.20. The number of hydrogen-bond acceptors (Lipinski definition) is 2. The molecule has 3 rings (SSSR count). The first kappa shape index (κ1) is 12.9. The Labute approximate surface area is 113 Å². The molecule has 2 aliphatic heterocycles. The summed E-state index contributed by atoms with van der Waals surface area (Å²) in [7, 11) is 0. The standard InChI is InChI=1S/C16H30N2/c1-13-9-14(2)11-16(10-13)18-8-7-17-6-4-3-5-15(17)12-18/h13-16H,3-12H2,1-2H3. The molecule has 3 fully saturated rings. The molecule has 0 N–H and O–H groups in total. The lowest BCUT2D eigenvalue weighted by atomic mass is 9.79. The van der Waals surface area contributed by atoms with Crippen LogP contribution in [0.1, 0.15) is 52.4 Å². The molecule has 3 atom stereocenters. The molecule has 0 radical (unpaired) electrons. The predicted octanol–water partition coefficient (Wildman–Crippen LogP) is 2.98. The molecule has 2 saturated heterocycles. The first-order valence-electron chi connectivity index (χ1n) is 8.20. The second-order valence-corrected chi connectivity index (χ2v) is 7.25. The van der Waals surface area contributed by atoms with Gasteiger partial charge >= 0.3 is 0 Å². The van der Waals surface area contributed by atoms with Crippen molar-refractivity contribution in [2.45, 2.75) is 64.5 Å². The zero-order valence-corrected chi connectivity index (χ0v) is 12.3. The predicted molar refractivity (Wildman–Crippen MR) is 76.8 cm³/mol. The van der Waals surface area contributed by atoms with Crippen LogP contribution in [0.4, 0.5) is 0 Å². The Morgan fingerprint density at radius 3 is 2.22 bits per heavy atom. The molecule has 0 amide bonds. The Morgan fingerprint density at radius 1 is 0.722 bits per heavy atom. The fourth-order valence-electron chi connectivity index (χ4n) is 4.71. The number of hydrogen-bond donors (Lipinski definition) is 0. The lowest BCUT2D eigenvalue weighted by Gasteiger charge is -2.48. The third-order valence-corrected chi connectivity index (χ3v) is 5.54. The maximum absolute atomic E-state index is 2.85. The minimum Gasteiger partial charge on any atom is -0.298 e. The van der Waals surface area contributed by atoms with Crippen molar-refractivity contribution in [3.8, 4) is 0 Å². The van der Waals surface area contributed by atoms with Crippen molar-refractivity contribution in [3.05, 3.63) is 0 Å². The van der Waals surface area contributed by atoms with Gasteiger partial charge in [0, 0.05) is 31.7 Å². The van der Waals surface area contributed by atoms with Gasteiger partial charge in [-0.05, 0) is 50.5 Å². The molecule has 1 saturated carbocycles. The number of nitrogens with zero attached hydrogens (tertiary/aromatic N) is 2. The SMILES string of the molecule is CC1CC(C)CC(N2CCN3CCCCC3C2)C1. The van der Waals surface area contributed by atoms with E-state index in [-0.39, 0.29) is 0 Å². The Hall–Kier alpha value is -0.0800. The van der Waals surface area contributed by atoms with Crippen LogP contribution in [0, 0.1) is 11.8 Å². The van der Waals surface area contributed by atoms with E-state index in [2.05, 4.69) is 23.6 Å². The minimum atomic E-state index is 0.889. The molecule has 0 spiro atoms. The molecule has 3 unspecified atom stereocenters. The van der Waals surface area contributed by atoms with Crippen LogP contribution in [0.25, 0.3) is 0 Å².